The van der Waals surface area contributed by atoms with E-state index in [1.807, 2.05) is 31.3 Å². The van der Waals surface area contributed by atoms with Crippen molar-refractivity contribution in [2.24, 2.45) is 7.05 Å². The molecule has 26 heavy (non-hydrogen) atoms. The van der Waals surface area contributed by atoms with Gasteiger partial charge in [0.15, 0.2) is 9.04 Å². The Morgan fingerprint density at radius 3 is 2.62 bits per heavy atom. The monoisotopic (exact) mass is 407 g/mol. The van der Waals surface area contributed by atoms with Crippen LogP contribution in [0.2, 0.25) is 18.1 Å². The minimum atomic E-state index is -1.20. The van der Waals surface area contributed by atoms with Crippen LogP contribution < -0.4 is 0 Å². The zero-order valence-electron chi connectivity index (χ0n) is 16.2. The average molecular weight is 408 g/mol. The van der Waals surface area contributed by atoms with Crippen molar-refractivity contribution in [3.8, 4) is 6.07 Å². The topological polar surface area (TPSA) is 50.8 Å². The van der Waals surface area contributed by atoms with Crippen LogP contribution in [0.3, 0.4) is 0 Å². The lowest BCUT2D eigenvalue weighted by Gasteiger charge is -2.18. The van der Waals surface area contributed by atoms with Crippen LogP contribution in [0.5, 0.6) is 0 Å². The van der Waals surface area contributed by atoms with Crippen LogP contribution in [-0.2, 0) is 16.9 Å². The minimum absolute atomic E-state index is 0.121. The number of benzene rings is 1. The largest absolute Gasteiger partial charge is 0.419 e. The van der Waals surface area contributed by atoms with E-state index in [-0.39, 0.29) is 11.3 Å². The molecule has 0 aliphatic rings. The Balaban J connectivity index is 2.49. The van der Waals surface area contributed by atoms with E-state index in [0.29, 0.717) is 11.6 Å². The Bertz CT molecular complexity index is 808. The Kier molecular flexibility index (Phi) is 6.97. The number of imidazole rings is 1. The van der Waals surface area contributed by atoms with E-state index in [4.69, 9.17) is 21.0 Å². The molecule has 2 aromatic rings. The fourth-order valence-electron chi connectivity index (χ4n) is 2.63. The third-order valence-corrected chi connectivity index (χ3v) is 6.09. The van der Waals surface area contributed by atoms with Gasteiger partial charge in [0.2, 0.25) is 0 Å². The van der Waals surface area contributed by atoms with E-state index in [1.54, 1.807) is 11.8 Å². The third kappa shape index (κ3) is 5.14. The predicted molar refractivity (Wildman–Crippen MR) is 111 cm³/mol. The molecule has 1 aromatic heterocycles. The zero-order chi connectivity index (χ0) is 19.5. The zero-order valence-corrected chi connectivity index (χ0v) is 18.9. The number of rotatable bonds is 6. The first-order valence-electron chi connectivity index (χ1n) is 8.65. The smallest absolute Gasteiger partial charge is 0.170 e. The van der Waals surface area contributed by atoms with Crippen LogP contribution in [0.15, 0.2) is 34.2 Å². The molecule has 0 bridgehead atoms. The van der Waals surface area contributed by atoms with E-state index in [0.717, 1.165) is 21.4 Å². The molecular formula is C19H26ClN3OSSi. The molecule has 1 atom stereocenters. The first kappa shape index (κ1) is 21.0. The fourth-order valence-corrected chi connectivity index (χ4v) is 4.54. The molecule has 0 aliphatic heterocycles. The summed E-state index contributed by atoms with van der Waals surface area (Å²) in [6.07, 6.45) is 0. The van der Waals surface area contributed by atoms with Crippen LogP contribution in [-0.4, -0.2) is 25.2 Å². The van der Waals surface area contributed by atoms with E-state index in [9.17, 15) is 5.26 Å². The second-order valence-corrected chi connectivity index (χ2v) is 11.5. The van der Waals surface area contributed by atoms with Gasteiger partial charge in [0.25, 0.3) is 0 Å². The first-order chi connectivity index (χ1) is 12.1. The van der Waals surface area contributed by atoms with Gasteiger partial charge in [-0.05, 0) is 31.3 Å². The molecule has 0 saturated carbocycles. The van der Waals surface area contributed by atoms with Crippen LogP contribution >= 0.6 is 23.4 Å². The fraction of sp³-hybridized carbons (Fsp3) is 0.474. The highest BCUT2D eigenvalue weighted by molar-refractivity contribution is 7.99. The van der Waals surface area contributed by atoms with E-state index in [2.05, 4.69) is 44.5 Å². The lowest BCUT2D eigenvalue weighted by molar-refractivity contribution is 0.313. The van der Waals surface area contributed by atoms with Crippen molar-refractivity contribution < 1.29 is 4.43 Å². The molecule has 0 aliphatic carbocycles. The molecule has 0 N–H and O–H groups in total. The number of aromatic nitrogens is 2. The van der Waals surface area contributed by atoms with Gasteiger partial charge >= 0.3 is 0 Å². The SMILES string of the molecule is Cn1c(C(C)(C)C)nc(C(C#N)CO[SiH](C)C)c1Sc1cccc(Cl)c1. The van der Waals surface area contributed by atoms with Crippen LogP contribution in [0.25, 0.3) is 0 Å². The summed E-state index contributed by atoms with van der Waals surface area (Å²) in [6.45, 7) is 11.0. The molecule has 0 saturated heterocycles. The highest BCUT2D eigenvalue weighted by Gasteiger charge is 2.29. The summed E-state index contributed by atoms with van der Waals surface area (Å²) in [4.78, 5) is 5.90. The second kappa shape index (κ2) is 8.62. The normalized spacial score (nSPS) is 13.0. The van der Waals surface area contributed by atoms with Crippen molar-refractivity contribution in [1.29, 1.82) is 5.26 Å². The summed E-state index contributed by atoms with van der Waals surface area (Å²) in [5.74, 6) is 0.577. The Morgan fingerprint density at radius 1 is 1.38 bits per heavy atom. The van der Waals surface area contributed by atoms with Crippen molar-refractivity contribution in [3.63, 3.8) is 0 Å². The molecule has 1 unspecified atom stereocenters. The van der Waals surface area contributed by atoms with Gasteiger partial charge in [-0.2, -0.15) is 5.26 Å². The van der Waals surface area contributed by atoms with Crippen molar-refractivity contribution in [2.45, 2.75) is 55.1 Å². The molecule has 2 rings (SSSR count). The number of nitrogens with zero attached hydrogens (tertiary/aromatic N) is 3. The van der Waals surface area contributed by atoms with Gasteiger partial charge in [-0.1, -0.05) is 50.2 Å². The molecule has 1 aromatic carbocycles. The number of hydrogen-bond donors (Lipinski definition) is 0. The lowest BCUT2D eigenvalue weighted by atomic mass is 9.96. The molecule has 0 fully saturated rings. The Labute approximate surface area is 167 Å². The minimum Gasteiger partial charge on any atom is -0.419 e. The van der Waals surface area contributed by atoms with Gasteiger partial charge in [0.05, 0.1) is 18.4 Å². The Hall–Kier alpha value is -1.26. The quantitative estimate of drug-likeness (QED) is 0.623. The van der Waals surface area contributed by atoms with Gasteiger partial charge in [-0.15, -0.1) is 0 Å². The van der Waals surface area contributed by atoms with Crippen LogP contribution in [0.1, 0.15) is 38.2 Å². The molecule has 4 nitrogen and oxygen atoms in total. The summed E-state index contributed by atoms with van der Waals surface area (Å²) in [5, 5.41) is 11.4. The number of hydrogen-bond acceptors (Lipinski definition) is 4. The van der Waals surface area contributed by atoms with Crippen LogP contribution in [0, 0.1) is 11.3 Å². The number of halogens is 1. The number of nitriles is 1. The van der Waals surface area contributed by atoms with Crippen molar-refractivity contribution in [2.75, 3.05) is 6.61 Å². The van der Waals surface area contributed by atoms with Crippen molar-refractivity contribution in [1.82, 2.24) is 9.55 Å². The summed E-state index contributed by atoms with van der Waals surface area (Å²) in [5.41, 5.74) is 0.671. The van der Waals surface area contributed by atoms with E-state index >= 15 is 0 Å². The molecule has 0 spiro atoms. The molecule has 1 heterocycles. The first-order valence-corrected chi connectivity index (χ1v) is 12.6. The predicted octanol–water partition coefficient (Wildman–Crippen LogP) is 5.13. The maximum Gasteiger partial charge on any atom is 0.170 e. The summed E-state index contributed by atoms with van der Waals surface area (Å²) in [7, 11) is 0.806. The van der Waals surface area contributed by atoms with E-state index in [1.165, 1.54) is 0 Å². The second-order valence-electron chi connectivity index (χ2n) is 7.56. The summed E-state index contributed by atoms with van der Waals surface area (Å²) < 4.78 is 7.94. The van der Waals surface area contributed by atoms with Crippen LogP contribution in [0.4, 0.5) is 0 Å². The average Bonchev–Trinajstić information content (AvgIpc) is 2.85. The maximum atomic E-state index is 9.74. The highest BCUT2D eigenvalue weighted by Crippen LogP contribution is 2.37. The van der Waals surface area contributed by atoms with Gasteiger partial charge in [0.1, 0.15) is 16.8 Å². The summed E-state index contributed by atoms with van der Waals surface area (Å²) >= 11 is 7.73. The van der Waals surface area contributed by atoms with Gasteiger partial charge in [-0.25, -0.2) is 4.98 Å². The Morgan fingerprint density at radius 2 is 2.08 bits per heavy atom. The lowest BCUT2D eigenvalue weighted by Crippen LogP contribution is -2.17. The standard InChI is InChI=1S/C19H26ClN3OSSi/c1-19(2,3)18-22-16(13(11-21)12-24-26(5)6)17(23(18)4)25-15-9-7-8-14(20)10-15/h7-10,13,26H,12H2,1-6H3. The third-order valence-electron chi connectivity index (χ3n) is 3.83. The molecule has 0 amide bonds. The van der Waals surface area contributed by atoms with Crippen molar-refractivity contribution >= 4 is 32.4 Å². The van der Waals surface area contributed by atoms with Crippen molar-refractivity contribution in [3.05, 3.63) is 40.8 Å². The van der Waals surface area contributed by atoms with Gasteiger partial charge in [0, 0.05) is 22.4 Å². The molecule has 140 valence electrons. The van der Waals surface area contributed by atoms with E-state index < -0.39 is 9.04 Å². The molecule has 7 heteroatoms. The highest BCUT2D eigenvalue weighted by atomic mass is 35.5. The summed E-state index contributed by atoms with van der Waals surface area (Å²) in [6, 6.07) is 10.1. The molecular weight excluding hydrogens is 382 g/mol. The van der Waals surface area contributed by atoms with Gasteiger partial charge in [-0.3, -0.25) is 0 Å². The molecule has 0 radical (unpaired) electrons. The van der Waals surface area contributed by atoms with Gasteiger partial charge < -0.3 is 8.99 Å². The maximum absolute atomic E-state index is 9.74.